The van der Waals surface area contributed by atoms with Crippen molar-refractivity contribution in [1.29, 1.82) is 0 Å². The molecule has 3 rings (SSSR count). The maximum Gasteiger partial charge on any atom is 0.330 e. The number of benzene rings is 1. The average Bonchev–Trinajstić information content (AvgIpc) is 3.00. The summed E-state index contributed by atoms with van der Waals surface area (Å²) >= 11 is 0. The number of aromatic nitrogens is 2. The van der Waals surface area contributed by atoms with Crippen molar-refractivity contribution in [1.82, 2.24) is 14.5 Å². The molecule has 1 aromatic carbocycles. The molecule has 176 valence electrons. The lowest BCUT2D eigenvalue weighted by Gasteiger charge is -2.20. The second-order valence-electron chi connectivity index (χ2n) is 8.57. The number of imide groups is 1. The largest absolute Gasteiger partial charge is 0.383 e. The number of nitrogens with two attached hydrogens (primary N) is 1. The molecule has 1 aliphatic heterocycles. The van der Waals surface area contributed by atoms with Crippen molar-refractivity contribution in [3.8, 4) is 0 Å². The van der Waals surface area contributed by atoms with Gasteiger partial charge in [-0.15, -0.1) is 0 Å². The van der Waals surface area contributed by atoms with Crippen molar-refractivity contribution in [2.24, 2.45) is 5.92 Å². The lowest BCUT2D eigenvalue weighted by Crippen LogP contribution is -2.39. The summed E-state index contributed by atoms with van der Waals surface area (Å²) in [5, 5.41) is 0. The van der Waals surface area contributed by atoms with Crippen LogP contribution in [0.5, 0.6) is 0 Å². The average molecular weight is 456 g/mol. The minimum atomic E-state index is -0.784. The topological polar surface area (TPSA) is 139 Å². The molecule has 0 radical (unpaired) electrons. The molecule has 0 spiro atoms. The van der Waals surface area contributed by atoms with E-state index >= 15 is 0 Å². The van der Waals surface area contributed by atoms with Gasteiger partial charge in [0.25, 0.3) is 23.3 Å². The number of anilines is 2. The lowest BCUT2D eigenvalue weighted by atomic mass is 10.0. The van der Waals surface area contributed by atoms with Crippen LogP contribution >= 0.6 is 0 Å². The van der Waals surface area contributed by atoms with Crippen molar-refractivity contribution in [2.75, 3.05) is 24.2 Å². The van der Waals surface area contributed by atoms with E-state index in [0.29, 0.717) is 31.8 Å². The number of rotatable bonds is 8. The van der Waals surface area contributed by atoms with E-state index in [9.17, 15) is 24.0 Å². The van der Waals surface area contributed by atoms with Crippen LogP contribution < -0.4 is 21.9 Å². The van der Waals surface area contributed by atoms with Gasteiger partial charge in [-0.3, -0.25) is 33.6 Å². The van der Waals surface area contributed by atoms with Crippen LogP contribution in [0.2, 0.25) is 0 Å². The standard InChI is InChI=1S/C23H29N5O5/c1-5-6-10-27-18(24)17(19(29)25-23(27)33)26(4)20(30)14-7-8-15-16(12-14)22(32)28(21(15)31)11-9-13(2)3/h7-8,12-13H,5-6,9-11,24H2,1-4H3,(H,25,29,33). The van der Waals surface area contributed by atoms with Crippen LogP contribution in [0.15, 0.2) is 27.8 Å². The van der Waals surface area contributed by atoms with E-state index in [4.69, 9.17) is 5.73 Å². The smallest absolute Gasteiger partial charge is 0.330 e. The van der Waals surface area contributed by atoms with Gasteiger partial charge in [0.1, 0.15) is 5.82 Å². The summed E-state index contributed by atoms with van der Waals surface area (Å²) in [4.78, 5) is 67.6. The summed E-state index contributed by atoms with van der Waals surface area (Å²) in [5.41, 5.74) is 5.03. The van der Waals surface area contributed by atoms with Crippen LogP contribution in [0, 0.1) is 5.92 Å². The summed E-state index contributed by atoms with van der Waals surface area (Å²) in [6, 6.07) is 4.25. The summed E-state index contributed by atoms with van der Waals surface area (Å²) < 4.78 is 1.22. The molecule has 2 heterocycles. The van der Waals surface area contributed by atoms with E-state index in [0.717, 1.165) is 11.3 Å². The monoisotopic (exact) mass is 455 g/mol. The van der Waals surface area contributed by atoms with Crippen LogP contribution in [-0.2, 0) is 6.54 Å². The van der Waals surface area contributed by atoms with Crippen molar-refractivity contribution in [2.45, 2.75) is 46.6 Å². The summed E-state index contributed by atoms with van der Waals surface area (Å²) in [6.07, 6.45) is 2.16. The molecule has 3 N–H and O–H groups in total. The number of unbranched alkanes of at least 4 members (excludes halogenated alkanes) is 1. The van der Waals surface area contributed by atoms with Gasteiger partial charge in [0.15, 0.2) is 5.69 Å². The van der Waals surface area contributed by atoms with Gasteiger partial charge >= 0.3 is 5.69 Å². The zero-order valence-electron chi connectivity index (χ0n) is 19.3. The highest BCUT2D eigenvalue weighted by molar-refractivity contribution is 6.22. The summed E-state index contributed by atoms with van der Waals surface area (Å²) in [7, 11) is 1.37. The van der Waals surface area contributed by atoms with Crippen molar-refractivity contribution >= 4 is 29.2 Å². The normalized spacial score (nSPS) is 13.1. The van der Waals surface area contributed by atoms with Gasteiger partial charge in [-0.2, -0.15) is 0 Å². The number of nitrogen functional groups attached to an aromatic ring is 1. The lowest BCUT2D eigenvalue weighted by molar-refractivity contribution is 0.0647. The van der Waals surface area contributed by atoms with Gasteiger partial charge in [0, 0.05) is 25.7 Å². The second kappa shape index (κ2) is 9.43. The molecule has 0 bridgehead atoms. The molecule has 0 fully saturated rings. The van der Waals surface area contributed by atoms with Gasteiger partial charge in [0.2, 0.25) is 0 Å². The van der Waals surface area contributed by atoms with Crippen molar-refractivity contribution in [3.63, 3.8) is 0 Å². The Hall–Kier alpha value is -3.69. The molecule has 1 aromatic heterocycles. The molecule has 10 nitrogen and oxygen atoms in total. The van der Waals surface area contributed by atoms with Gasteiger partial charge in [-0.25, -0.2) is 4.79 Å². The van der Waals surface area contributed by atoms with Gasteiger partial charge in [-0.05, 0) is 37.0 Å². The van der Waals surface area contributed by atoms with E-state index in [1.54, 1.807) is 0 Å². The number of aromatic amines is 1. The van der Waals surface area contributed by atoms with E-state index in [2.05, 4.69) is 4.98 Å². The SMILES string of the molecule is CCCCn1c(N)c(N(C)C(=O)c2ccc3c(c2)C(=O)N(CCC(C)C)C3=O)c(=O)[nH]c1=O. The number of hydrogen-bond donors (Lipinski definition) is 2. The maximum absolute atomic E-state index is 13.2. The molecule has 3 amide bonds. The predicted molar refractivity (Wildman–Crippen MR) is 125 cm³/mol. The Labute approximate surface area is 191 Å². The van der Waals surface area contributed by atoms with Gasteiger partial charge in [-0.1, -0.05) is 27.2 Å². The van der Waals surface area contributed by atoms with Gasteiger partial charge < -0.3 is 10.6 Å². The highest BCUT2D eigenvalue weighted by Gasteiger charge is 2.36. The Bertz CT molecular complexity index is 1230. The third-order valence-corrected chi connectivity index (χ3v) is 5.74. The summed E-state index contributed by atoms with van der Waals surface area (Å²) in [5.74, 6) is -1.22. The number of nitrogens with zero attached hydrogens (tertiary/aromatic N) is 3. The first-order chi connectivity index (χ1) is 15.6. The van der Waals surface area contributed by atoms with Crippen LogP contribution in [0.1, 0.15) is 71.1 Å². The third-order valence-electron chi connectivity index (χ3n) is 5.74. The van der Waals surface area contributed by atoms with E-state index < -0.39 is 23.1 Å². The van der Waals surface area contributed by atoms with Crippen molar-refractivity contribution in [3.05, 3.63) is 55.7 Å². The van der Waals surface area contributed by atoms with E-state index in [1.807, 2.05) is 20.8 Å². The van der Waals surface area contributed by atoms with E-state index in [1.165, 1.54) is 34.7 Å². The van der Waals surface area contributed by atoms with Crippen LogP contribution in [0.25, 0.3) is 0 Å². The molecule has 10 heteroatoms. The number of amides is 3. The zero-order chi connectivity index (χ0) is 24.4. The molecular weight excluding hydrogens is 426 g/mol. The molecule has 33 heavy (non-hydrogen) atoms. The Morgan fingerprint density at radius 2 is 1.76 bits per heavy atom. The highest BCUT2D eigenvalue weighted by Crippen LogP contribution is 2.26. The Kier molecular flexibility index (Phi) is 6.85. The number of nitrogens with one attached hydrogen (secondary N) is 1. The first-order valence-electron chi connectivity index (χ1n) is 11.0. The minimum absolute atomic E-state index is 0.111. The highest BCUT2D eigenvalue weighted by atomic mass is 16.2. The first-order valence-corrected chi connectivity index (χ1v) is 11.0. The molecule has 0 saturated heterocycles. The number of fused-ring (bicyclic) bond motifs is 1. The first kappa shape index (κ1) is 24.0. The molecule has 1 aliphatic rings. The Balaban J connectivity index is 1.94. The Morgan fingerprint density at radius 3 is 2.39 bits per heavy atom. The molecular formula is C23H29N5O5. The molecule has 0 aliphatic carbocycles. The number of H-pyrrole nitrogens is 1. The number of carbonyl (C=O) groups excluding carboxylic acids is 3. The van der Waals surface area contributed by atoms with Crippen molar-refractivity contribution < 1.29 is 14.4 Å². The molecule has 0 saturated carbocycles. The van der Waals surface area contributed by atoms with Gasteiger partial charge in [0.05, 0.1) is 11.1 Å². The molecule has 0 atom stereocenters. The molecule has 2 aromatic rings. The van der Waals surface area contributed by atoms with Crippen LogP contribution in [-0.4, -0.2) is 45.8 Å². The molecule has 0 unspecified atom stereocenters. The third kappa shape index (κ3) is 4.46. The quantitative estimate of drug-likeness (QED) is 0.583. The van der Waals surface area contributed by atoms with Crippen LogP contribution in [0.4, 0.5) is 11.5 Å². The summed E-state index contributed by atoms with van der Waals surface area (Å²) in [6.45, 7) is 6.56. The zero-order valence-corrected chi connectivity index (χ0v) is 19.3. The second-order valence-corrected chi connectivity index (χ2v) is 8.57. The number of carbonyl (C=O) groups is 3. The fourth-order valence-electron chi connectivity index (χ4n) is 3.75. The fourth-order valence-corrected chi connectivity index (χ4v) is 3.75. The fraction of sp³-hybridized carbons (Fsp3) is 0.435. The maximum atomic E-state index is 13.2. The predicted octanol–water partition coefficient (Wildman–Crippen LogP) is 1.84. The Morgan fingerprint density at radius 1 is 1.09 bits per heavy atom. The van der Waals surface area contributed by atoms with Crippen LogP contribution in [0.3, 0.4) is 0 Å². The minimum Gasteiger partial charge on any atom is -0.383 e. The van der Waals surface area contributed by atoms with E-state index in [-0.39, 0.29) is 34.1 Å². The number of hydrogen-bond acceptors (Lipinski definition) is 6.